The van der Waals surface area contributed by atoms with E-state index in [2.05, 4.69) is 26.8 Å². The maximum absolute atomic E-state index is 12.7. The van der Waals surface area contributed by atoms with Crippen molar-refractivity contribution in [1.29, 1.82) is 0 Å². The first-order valence-corrected chi connectivity index (χ1v) is 9.57. The van der Waals surface area contributed by atoms with Gasteiger partial charge in [-0.15, -0.1) is 6.42 Å². The van der Waals surface area contributed by atoms with Gasteiger partial charge < -0.3 is 4.57 Å². The van der Waals surface area contributed by atoms with E-state index in [9.17, 15) is 4.79 Å². The molecule has 4 aromatic rings. The van der Waals surface area contributed by atoms with Crippen LogP contribution in [0.3, 0.4) is 0 Å². The van der Waals surface area contributed by atoms with E-state index in [1.165, 1.54) is 11.3 Å². The van der Waals surface area contributed by atoms with Gasteiger partial charge in [0.25, 0.3) is 5.91 Å². The van der Waals surface area contributed by atoms with Crippen LogP contribution in [0.25, 0.3) is 21.0 Å². The lowest BCUT2D eigenvalue weighted by molar-refractivity contribution is 0.0998. The van der Waals surface area contributed by atoms with Gasteiger partial charge in [-0.2, -0.15) is 4.99 Å². The predicted octanol–water partition coefficient (Wildman–Crippen LogP) is 4.99. The molecule has 0 aliphatic carbocycles. The number of rotatable bonds is 2. The number of carbonyl (C=O) groups is 1. The second kappa shape index (κ2) is 6.91. The molecule has 0 fully saturated rings. The van der Waals surface area contributed by atoms with Gasteiger partial charge in [-0.3, -0.25) is 4.79 Å². The molecule has 0 N–H and O–H groups in total. The first kappa shape index (κ1) is 16.8. The summed E-state index contributed by atoms with van der Waals surface area (Å²) in [4.78, 5) is 17.7. The average molecular weight is 421 g/mol. The Balaban J connectivity index is 1.84. The Hall–Kier alpha value is -2.68. The van der Waals surface area contributed by atoms with E-state index in [-0.39, 0.29) is 5.91 Å². The normalized spacial score (nSPS) is 11.8. The Morgan fingerprint density at radius 1 is 1.12 bits per heavy atom. The van der Waals surface area contributed by atoms with Crippen LogP contribution in [0.5, 0.6) is 0 Å². The van der Waals surface area contributed by atoms with E-state index in [0.717, 1.165) is 25.5 Å². The van der Waals surface area contributed by atoms with Crippen molar-refractivity contribution in [3.63, 3.8) is 0 Å². The lowest BCUT2D eigenvalue weighted by Crippen LogP contribution is -2.16. The Morgan fingerprint density at radius 2 is 1.92 bits per heavy atom. The second-order valence-corrected chi connectivity index (χ2v) is 7.69. The molecule has 0 aliphatic heterocycles. The first-order chi connectivity index (χ1) is 12.7. The molecule has 0 unspecified atom stereocenters. The number of fused-ring (bicyclic) bond motifs is 2. The molecule has 1 aromatic heterocycles. The van der Waals surface area contributed by atoms with E-state index in [1.807, 2.05) is 65.2 Å². The van der Waals surface area contributed by atoms with Gasteiger partial charge >= 0.3 is 0 Å². The van der Waals surface area contributed by atoms with Crippen LogP contribution in [0.2, 0.25) is 0 Å². The number of benzene rings is 3. The lowest BCUT2D eigenvalue weighted by Gasteiger charge is -2.01. The summed E-state index contributed by atoms with van der Waals surface area (Å²) < 4.78 is 3.90. The largest absolute Gasteiger partial charge is 0.305 e. The maximum Gasteiger partial charge on any atom is 0.279 e. The standard InChI is InChI=1S/C21H13BrN2OS/c1-2-11-24-18-10-9-17(22)13-19(18)26-21(24)23-20(25)16-8-7-14-5-3-4-6-15(14)12-16/h1,3-10,12-13H,11H2. The quantitative estimate of drug-likeness (QED) is 0.420. The summed E-state index contributed by atoms with van der Waals surface area (Å²) in [6.07, 6.45) is 5.51. The Kier molecular flexibility index (Phi) is 4.46. The van der Waals surface area contributed by atoms with Crippen molar-refractivity contribution in [2.24, 2.45) is 4.99 Å². The number of hydrogen-bond donors (Lipinski definition) is 0. The second-order valence-electron chi connectivity index (χ2n) is 5.77. The number of amides is 1. The van der Waals surface area contributed by atoms with Crippen LogP contribution in [0.15, 0.2) is 70.1 Å². The molecule has 3 nitrogen and oxygen atoms in total. The zero-order chi connectivity index (χ0) is 18.1. The third-order valence-corrected chi connectivity index (χ3v) is 5.62. The van der Waals surface area contributed by atoms with Crippen LogP contribution in [-0.2, 0) is 6.54 Å². The minimum atomic E-state index is -0.271. The van der Waals surface area contributed by atoms with E-state index >= 15 is 0 Å². The highest BCUT2D eigenvalue weighted by Gasteiger charge is 2.10. The van der Waals surface area contributed by atoms with Gasteiger partial charge in [-0.1, -0.05) is 63.5 Å². The number of nitrogens with zero attached hydrogens (tertiary/aromatic N) is 2. The molecule has 4 rings (SSSR count). The number of aromatic nitrogens is 1. The average Bonchev–Trinajstić information content (AvgIpc) is 2.98. The van der Waals surface area contributed by atoms with Gasteiger partial charge in [0.1, 0.15) is 0 Å². The minimum Gasteiger partial charge on any atom is -0.305 e. The van der Waals surface area contributed by atoms with Crippen molar-refractivity contribution in [1.82, 2.24) is 4.57 Å². The number of carbonyl (C=O) groups excluding carboxylic acids is 1. The molecular formula is C21H13BrN2OS. The van der Waals surface area contributed by atoms with Gasteiger partial charge in [0.05, 0.1) is 16.8 Å². The molecular weight excluding hydrogens is 408 g/mol. The molecule has 0 radical (unpaired) electrons. The lowest BCUT2D eigenvalue weighted by atomic mass is 10.1. The number of thiazole rings is 1. The topological polar surface area (TPSA) is 34.4 Å². The molecule has 0 saturated carbocycles. The van der Waals surface area contributed by atoms with E-state index in [4.69, 9.17) is 6.42 Å². The smallest absolute Gasteiger partial charge is 0.279 e. The molecule has 5 heteroatoms. The molecule has 1 heterocycles. The highest BCUT2D eigenvalue weighted by Crippen LogP contribution is 2.22. The summed E-state index contributed by atoms with van der Waals surface area (Å²) in [5.74, 6) is 2.37. The van der Waals surface area contributed by atoms with Crippen LogP contribution in [0.1, 0.15) is 10.4 Å². The number of halogens is 1. The minimum absolute atomic E-state index is 0.271. The summed E-state index contributed by atoms with van der Waals surface area (Å²) in [6, 6.07) is 19.5. The summed E-state index contributed by atoms with van der Waals surface area (Å²) in [6.45, 7) is 0.367. The molecule has 0 spiro atoms. The van der Waals surface area contributed by atoms with Gasteiger partial charge in [-0.05, 0) is 41.1 Å². The molecule has 0 aliphatic rings. The SMILES string of the molecule is C#CCn1c(=NC(=O)c2ccc3ccccc3c2)sc2cc(Br)ccc21. The molecule has 0 bridgehead atoms. The van der Waals surface area contributed by atoms with Crippen molar-refractivity contribution in [3.05, 3.63) is 75.5 Å². The van der Waals surface area contributed by atoms with Crippen molar-refractivity contribution in [2.75, 3.05) is 0 Å². The molecule has 126 valence electrons. The van der Waals surface area contributed by atoms with E-state index in [0.29, 0.717) is 16.9 Å². The van der Waals surface area contributed by atoms with Crippen molar-refractivity contribution in [2.45, 2.75) is 6.54 Å². The number of terminal acetylenes is 1. The summed E-state index contributed by atoms with van der Waals surface area (Å²) in [5.41, 5.74) is 1.54. The zero-order valence-electron chi connectivity index (χ0n) is 13.6. The van der Waals surface area contributed by atoms with Gasteiger partial charge in [0.15, 0.2) is 4.80 Å². The Morgan fingerprint density at radius 3 is 2.73 bits per heavy atom. The van der Waals surface area contributed by atoms with Crippen LogP contribution in [0, 0.1) is 12.3 Å². The van der Waals surface area contributed by atoms with Gasteiger partial charge in [-0.25, -0.2) is 0 Å². The van der Waals surface area contributed by atoms with Crippen LogP contribution < -0.4 is 4.80 Å². The first-order valence-electron chi connectivity index (χ1n) is 7.96. The van der Waals surface area contributed by atoms with Gasteiger partial charge in [0.2, 0.25) is 0 Å². The van der Waals surface area contributed by atoms with E-state index < -0.39 is 0 Å². The monoisotopic (exact) mass is 420 g/mol. The van der Waals surface area contributed by atoms with Crippen molar-refractivity contribution >= 4 is 54.2 Å². The predicted molar refractivity (Wildman–Crippen MR) is 110 cm³/mol. The Labute approximate surface area is 162 Å². The third kappa shape index (κ3) is 3.10. The summed E-state index contributed by atoms with van der Waals surface area (Å²) in [7, 11) is 0. The molecule has 3 aromatic carbocycles. The highest BCUT2D eigenvalue weighted by molar-refractivity contribution is 9.10. The van der Waals surface area contributed by atoms with Crippen molar-refractivity contribution < 1.29 is 4.79 Å². The number of hydrogen-bond acceptors (Lipinski definition) is 2. The summed E-state index contributed by atoms with van der Waals surface area (Å²) >= 11 is 4.93. The molecule has 0 atom stereocenters. The fraction of sp³-hybridized carbons (Fsp3) is 0.0476. The third-order valence-electron chi connectivity index (χ3n) is 4.09. The van der Waals surface area contributed by atoms with Crippen LogP contribution in [0.4, 0.5) is 0 Å². The Bertz CT molecular complexity index is 1260. The van der Waals surface area contributed by atoms with Crippen LogP contribution in [-0.4, -0.2) is 10.5 Å². The molecule has 1 amide bonds. The fourth-order valence-electron chi connectivity index (χ4n) is 2.85. The zero-order valence-corrected chi connectivity index (χ0v) is 16.0. The van der Waals surface area contributed by atoms with Crippen LogP contribution >= 0.6 is 27.3 Å². The molecule has 26 heavy (non-hydrogen) atoms. The molecule has 0 saturated heterocycles. The van der Waals surface area contributed by atoms with Gasteiger partial charge in [0, 0.05) is 10.0 Å². The fourth-order valence-corrected chi connectivity index (χ4v) is 4.43. The van der Waals surface area contributed by atoms with E-state index in [1.54, 1.807) is 0 Å². The van der Waals surface area contributed by atoms with Crippen molar-refractivity contribution in [3.8, 4) is 12.3 Å². The maximum atomic E-state index is 12.7. The summed E-state index contributed by atoms with van der Waals surface area (Å²) in [5, 5.41) is 2.11. The highest BCUT2D eigenvalue weighted by atomic mass is 79.9.